The fourth-order valence-electron chi connectivity index (χ4n) is 5.10. The molecule has 1 fully saturated rings. The van der Waals surface area contributed by atoms with Gasteiger partial charge in [-0.2, -0.15) is 0 Å². The molecule has 0 atom stereocenters. The summed E-state index contributed by atoms with van der Waals surface area (Å²) in [4.78, 5) is 17.4. The number of hydrogen-bond acceptors (Lipinski definition) is 3. The van der Waals surface area contributed by atoms with Gasteiger partial charge in [-0.1, -0.05) is 30.3 Å². The van der Waals surface area contributed by atoms with Crippen molar-refractivity contribution in [1.82, 2.24) is 4.90 Å². The van der Waals surface area contributed by atoms with Gasteiger partial charge < -0.3 is 10.1 Å². The third kappa shape index (κ3) is 4.31. The summed E-state index contributed by atoms with van der Waals surface area (Å²) >= 11 is 0. The first-order valence-corrected chi connectivity index (χ1v) is 11.4. The fraction of sp³-hybridized carbons (Fsp3) is 0.296. The second-order valence-corrected chi connectivity index (χ2v) is 8.95. The minimum atomic E-state index is -0.253. The number of nitrogens with zero attached hydrogens (tertiary/aromatic N) is 2. The molecule has 33 heavy (non-hydrogen) atoms. The highest BCUT2D eigenvalue weighted by molar-refractivity contribution is 6.03. The van der Waals surface area contributed by atoms with Crippen molar-refractivity contribution in [3.8, 4) is 5.75 Å². The molecule has 1 N–H and O–H groups in total. The van der Waals surface area contributed by atoms with Gasteiger partial charge in [0.15, 0.2) is 0 Å². The maximum Gasteiger partial charge on any atom is 0.326 e. The highest BCUT2D eigenvalue weighted by atomic mass is 19.1. The monoisotopic (exact) mass is 445 g/mol. The van der Waals surface area contributed by atoms with Crippen LogP contribution < -0.4 is 15.0 Å². The lowest BCUT2D eigenvalue weighted by Gasteiger charge is -2.40. The molecule has 170 valence electrons. The molecule has 1 spiro atoms. The van der Waals surface area contributed by atoms with E-state index in [0.29, 0.717) is 12.2 Å². The summed E-state index contributed by atoms with van der Waals surface area (Å²) in [5.74, 6) is 0.480. The number of ether oxygens (including phenoxy) is 1. The Balaban J connectivity index is 1.33. The van der Waals surface area contributed by atoms with Crippen LogP contribution in [-0.2, 0) is 12.0 Å². The number of anilines is 2. The van der Waals surface area contributed by atoms with E-state index in [2.05, 4.69) is 34.5 Å². The van der Waals surface area contributed by atoms with Gasteiger partial charge in [-0.15, -0.1) is 0 Å². The molecule has 1 saturated heterocycles. The van der Waals surface area contributed by atoms with Crippen molar-refractivity contribution in [2.45, 2.75) is 24.8 Å². The number of piperidine rings is 1. The van der Waals surface area contributed by atoms with Gasteiger partial charge in [0.1, 0.15) is 11.6 Å². The van der Waals surface area contributed by atoms with E-state index in [-0.39, 0.29) is 17.3 Å². The van der Waals surface area contributed by atoms with E-state index in [4.69, 9.17) is 4.74 Å². The normalized spacial score (nSPS) is 17.1. The third-order valence-electron chi connectivity index (χ3n) is 6.93. The number of nitrogens with one attached hydrogen (secondary N) is 1. The predicted octanol–water partition coefficient (Wildman–Crippen LogP) is 5.42. The van der Waals surface area contributed by atoms with Gasteiger partial charge in [-0.25, -0.2) is 9.18 Å². The number of carbonyl (C=O) groups is 1. The largest absolute Gasteiger partial charge is 0.497 e. The number of carbonyl (C=O) groups excluding carboxylic acids is 1. The van der Waals surface area contributed by atoms with Crippen LogP contribution in [0.2, 0.25) is 0 Å². The zero-order chi connectivity index (χ0) is 22.8. The smallest absolute Gasteiger partial charge is 0.326 e. The average molecular weight is 446 g/mol. The van der Waals surface area contributed by atoms with Crippen LogP contribution in [0.25, 0.3) is 0 Å². The summed E-state index contributed by atoms with van der Waals surface area (Å²) < 4.78 is 19.5. The molecule has 0 radical (unpaired) electrons. The van der Waals surface area contributed by atoms with Crippen molar-refractivity contribution < 1.29 is 13.9 Å². The predicted molar refractivity (Wildman–Crippen MR) is 128 cm³/mol. The third-order valence-corrected chi connectivity index (χ3v) is 6.93. The number of hydrogen-bond donors (Lipinski definition) is 1. The Morgan fingerprint density at radius 1 is 1.03 bits per heavy atom. The molecule has 2 heterocycles. The van der Waals surface area contributed by atoms with Crippen molar-refractivity contribution >= 4 is 17.4 Å². The van der Waals surface area contributed by atoms with Crippen LogP contribution in [0.5, 0.6) is 5.75 Å². The quantitative estimate of drug-likeness (QED) is 0.583. The fourth-order valence-corrected chi connectivity index (χ4v) is 5.10. The summed E-state index contributed by atoms with van der Waals surface area (Å²) in [7, 11) is 1.61. The molecular formula is C27H28FN3O2. The van der Waals surface area contributed by atoms with E-state index in [1.54, 1.807) is 24.1 Å². The van der Waals surface area contributed by atoms with E-state index >= 15 is 0 Å². The van der Waals surface area contributed by atoms with Gasteiger partial charge in [0, 0.05) is 29.9 Å². The van der Waals surface area contributed by atoms with Crippen molar-refractivity contribution in [2.24, 2.45) is 0 Å². The number of urea groups is 1. The Bertz CT molecular complexity index is 1130. The molecule has 2 amide bonds. The highest BCUT2D eigenvalue weighted by Crippen LogP contribution is 2.47. The molecule has 3 aromatic carbocycles. The zero-order valence-corrected chi connectivity index (χ0v) is 18.8. The molecule has 0 bridgehead atoms. The maximum atomic E-state index is 14.3. The van der Waals surface area contributed by atoms with Crippen molar-refractivity contribution in [3.63, 3.8) is 0 Å². The first-order chi connectivity index (χ1) is 16.1. The van der Waals surface area contributed by atoms with E-state index in [9.17, 15) is 9.18 Å². The molecule has 0 unspecified atom stereocenters. The molecular weight excluding hydrogens is 417 g/mol. The van der Waals surface area contributed by atoms with Gasteiger partial charge in [-0.3, -0.25) is 9.80 Å². The Labute approximate surface area is 193 Å². The SMILES string of the molecule is COc1ccc(NC(=O)N2CC3(CCN(Cc4ccccc4)CC3)c3cc(F)ccc32)cc1. The van der Waals surface area contributed by atoms with Crippen LogP contribution in [0.15, 0.2) is 72.8 Å². The Kier molecular flexibility index (Phi) is 5.77. The molecule has 2 aliphatic rings. The van der Waals surface area contributed by atoms with E-state index in [1.165, 1.54) is 11.6 Å². The minimum absolute atomic E-state index is 0.198. The number of methoxy groups -OCH3 is 1. The number of likely N-dealkylation sites (tertiary alicyclic amines) is 1. The van der Waals surface area contributed by atoms with E-state index in [1.807, 2.05) is 30.3 Å². The summed E-state index contributed by atoms with van der Waals surface area (Å²) in [6, 6.07) is 22.3. The van der Waals surface area contributed by atoms with E-state index in [0.717, 1.165) is 49.5 Å². The summed E-state index contributed by atoms with van der Waals surface area (Å²) in [5, 5.41) is 2.98. The summed E-state index contributed by atoms with van der Waals surface area (Å²) in [6.45, 7) is 3.30. The summed E-state index contributed by atoms with van der Waals surface area (Å²) in [5.41, 5.74) is 3.53. The maximum absolute atomic E-state index is 14.3. The lowest BCUT2D eigenvalue weighted by molar-refractivity contribution is 0.160. The standard InChI is InChI=1S/C27H28FN3O2/c1-33-23-10-8-22(9-11-23)29-26(32)31-19-27(24-17-21(28)7-12-25(24)31)13-15-30(16-14-27)18-20-5-3-2-4-6-20/h2-12,17H,13-16,18-19H2,1H3,(H,29,32). The lowest BCUT2D eigenvalue weighted by Crippen LogP contribution is -2.46. The second kappa shape index (κ2) is 8.87. The molecule has 5 rings (SSSR count). The second-order valence-electron chi connectivity index (χ2n) is 8.95. The molecule has 0 aromatic heterocycles. The minimum Gasteiger partial charge on any atom is -0.497 e. The number of rotatable bonds is 4. The lowest BCUT2D eigenvalue weighted by atomic mass is 9.74. The molecule has 0 saturated carbocycles. The zero-order valence-electron chi connectivity index (χ0n) is 18.8. The van der Waals surface area contributed by atoms with Crippen LogP contribution in [0.1, 0.15) is 24.0 Å². The Morgan fingerprint density at radius 2 is 1.76 bits per heavy atom. The van der Waals surface area contributed by atoms with Crippen LogP contribution in [0.4, 0.5) is 20.6 Å². The van der Waals surface area contributed by atoms with Gasteiger partial charge in [0.25, 0.3) is 0 Å². The van der Waals surface area contributed by atoms with Crippen molar-refractivity contribution in [2.75, 3.05) is 37.0 Å². The first kappa shape index (κ1) is 21.5. The molecule has 3 aromatic rings. The van der Waals surface area contributed by atoms with Crippen molar-refractivity contribution in [1.29, 1.82) is 0 Å². The topological polar surface area (TPSA) is 44.8 Å². The number of benzene rings is 3. The van der Waals surface area contributed by atoms with Gasteiger partial charge >= 0.3 is 6.03 Å². The number of halogens is 1. The van der Waals surface area contributed by atoms with Crippen LogP contribution in [0, 0.1) is 5.82 Å². The molecule has 0 aliphatic carbocycles. The number of fused-ring (bicyclic) bond motifs is 2. The van der Waals surface area contributed by atoms with Gasteiger partial charge in [0.2, 0.25) is 0 Å². The Hall–Kier alpha value is -3.38. The van der Waals surface area contributed by atoms with E-state index < -0.39 is 0 Å². The van der Waals surface area contributed by atoms with Crippen LogP contribution >= 0.6 is 0 Å². The highest BCUT2D eigenvalue weighted by Gasteiger charge is 2.46. The molecule has 2 aliphatic heterocycles. The molecule has 5 nitrogen and oxygen atoms in total. The first-order valence-electron chi connectivity index (χ1n) is 11.4. The summed E-state index contributed by atoms with van der Waals surface area (Å²) in [6.07, 6.45) is 1.78. The van der Waals surface area contributed by atoms with Crippen LogP contribution in [-0.4, -0.2) is 37.7 Å². The van der Waals surface area contributed by atoms with Crippen LogP contribution in [0.3, 0.4) is 0 Å². The molecule has 6 heteroatoms. The Morgan fingerprint density at radius 3 is 2.45 bits per heavy atom. The number of amides is 2. The van der Waals surface area contributed by atoms with Gasteiger partial charge in [0.05, 0.1) is 7.11 Å². The van der Waals surface area contributed by atoms with Crippen molar-refractivity contribution in [3.05, 3.63) is 89.7 Å². The average Bonchev–Trinajstić information content (AvgIpc) is 3.15. The van der Waals surface area contributed by atoms with Gasteiger partial charge in [-0.05, 0) is 79.5 Å².